The molecule has 0 aromatic heterocycles. The molecule has 0 aliphatic heterocycles. The molecule has 4 fully saturated rings. The van der Waals surface area contributed by atoms with Gasteiger partial charge in [-0.25, -0.2) is 0 Å². The zero-order chi connectivity index (χ0) is 21.8. The first-order chi connectivity index (χ1) is 14.1. The number of carbonyl (C=O) groups is 1. The highest BCUT2D eigenvalue weighted by Crippen LogP contribution is 2.68. The summed E-state index contributed by atoms with van der Waals surface area (Å²) in [6, 6.07) is 0. The molecular weight excluding hydrogens is 380 g/mol. The second kappa shape index (κ2) is 8.04. The molecule has 0 aromatic carbocycles. The summed E-state index contributed by atoms with van der Waals surface area (Å²) >= 11 is 0. The molecule has 4 aliphatic rings. The van der Waals surface area contributed by atoms with Crippen molar-refractivity contribution in [3.63, 3.8) is 0 Å². The van der Waals surface area contributed by atoms with Crippen molar-refractivity contribution < 1.29 is 24.9 Å². The van der Waals surface area contributed by atoms with E-state index in [1.807, 2.05) is 0 Å². The van der Waals surface area contributed by atoms with Gasteiger partial charge in [0.15, 0.2) is 0 Å². The molecule has 30 heavy (non-hydrogen) atoms. The van der Waals surface area contributed by atoms with E-state index in [0.29, 0.717) is 36.0 Å². The van der Waals surface area contributed by atoms with Crippen LogP contribution in [0.2, 0.25) is 0 Å². The summed E-state index contributed by atoms with van der Waals surface area (Å²) in [5.74, 6) is 1.81. The summed E-state index contributed by atoms with van der Waals surface area (Å²) in [7, 11) is 1.44. The van der Waals surface area contributed by atoms with E-state index >= 15 is 0 Å². The van der Waals surface area contributed by atoms with Gasteiger partial charge in [-0.05, 0) is 97.7 Å². The van der Waals surface area contributed by atoms with Gasteiger partial charge in [0.1, 0.15) is 0 Å². The molecule has 11 atom stereocenters. The minimum absolute atomic E-state index is 0.111. The molecule has 6 unspecified atom stereocenters. The van der Waals surface area contributed by atoms with Crippen molar-refractivity contribution in [1.29, 1.82) is 0 Å². The van der Waals surface area contributed by atoms with Gasteiger partial charge in [-0.15, -0.1) is 0 Å². The van der Waals surface area contributed by atoms with Gasteiger partial charge in [0.2, 0.25) is 0 Å². The quantitative estimate of drug-likeness (QED) is 0.603. The van der Waals surface area contributed by atoms with Crippen LogP contribution in [0.25, 0.3) is 0 Å². The highest BCUT2D eigenvalue weighted by Gasteiger charge is 2.65. The lowest BCUT2D eigenvalue weighted by atomic mass is 9.43. The maximum Gasteiger partial charge on any atom is 0.305 e. The molecule has 0 bridgehead atoms. The fourth-order valence-electron chi connectivity index (χ4n) is 8.78. The number of aliphatic hydroxyl groups is 3. The van der Waals surface area contributed by atoms with Crippen LogP contribution in [0.1, 0.15) is 78.6 Å². The van der Waals surface area contributed by atoms with Crippen molar-refractivity contribution in [2.75, 3.05) is 7.11 Å². The Balaban J connectivity index is 1.58. The molecule has 0 spiro atoms. The molecule has 4 rings (SSSR count). The Bertz CT molecular complexity index is 651. The van der Waals surface area contributed by atoms with Gasteiger partial charge in [0.05, 0.1) is 25.4 Å². The third-order valence-electron chi connectivity index (χ3n) is 10.6. The number of hydrogen-bond acceptors (Lipinski definition) is 5. The Morgan fingerprint density at radius 2 is 1.80 bits per heavy atom. The Morgan fingerprint density at radius 3 is 2.50 bits per heavy atom. The molecule has 5 nitrogen and oxygen atoms in total. The van der Waals surface area contributed by atoms with E-state index in [4.69, 9.17) is 4.74 Å². The summed E-state index contributed by atoms with van der Waals surface area (Å²) in [4.78, 5) is 11.7. The molecule has 3 N–H and O–H groups in total. The monoisotopic (exact) mass is 422 g/mol. The Hall–Kier alpha value is -0.650. The van der Waals surface area contributed by atoms with Crippen molar-refractivity contribution >= 4 is 5.97 Å². The van der Waals surface area contributed by atoms with Crippen LogP contribution in [0.5, 0.6) is 0 Å². The molecule has 4 saturated carbocycles. The number of carbonyl (C=O) groups excluding carboxylic acids is 1. The van der Waals surface area contributed by atoms with Crippen LogP contribution in [0.4, 0.5) is 0 Å². The van der Waals surface area contributed by atoms with Crippen LogP contribution in [0, 0.1) is 46.3 Å². The molecular formula is C25H42O5. The minimum atomic E-state index is -0.369. The predicted octanol–water partition coefficient (Wildman–Crippen LogP) is 3.54. The zero-order valence-electron chi connectivity index (χ0n) is 19.2. The second-order valence-corrected chi connectivity index (χ2v) is 11.6. The minimum Gasteiger partial charge on any atom is -0.469 e. The van der Waals surface area contributed by atoms with Gasteiger partial charge in [0.25, 0.3) is 0 Å². The standard InChI is InChI=1S/C25H42O5/c1-14(5-8-22(29)30-4)17-6-7-18-23-19(13-21(28)25(17,18)3)24(2)10-9-16(26)11-15(24)12-20(23)27/h14-21,23,26-28H,5-13H2,1-4H3/t14?,15?,16-,17?,18?,19?,20-,21+,23?,24+,25-/m1/s1. The lowest BCUT2D eigenvalue weighted by Crippen LogP contribution is -2.62. The molecule has 5 heteroatoms. The van der Waals surface area contributed by atoms with E-state index in [9.17, 15) is 20.1 Å². The second-order valence-electron chi connectivity index (χ2n) is 11.6. The lowest BCUT2D eigenvalue weighted by molar-refractivity contribution is -0.207. The van der Waals surface area contributed by atoms with E-state index in [1.54, 1.807) is 0 Å². The highest BCUT2D eigenvalue weighted by atomic mass is 16.5. The number of ether oxygens (including phenoxy) is 1. The first-order valence-corrected chi connectivity index (χ1v) is 12.2. The SMILES string of the molecule is COC(=O)CCC(C)C1CCC2C3C(C[C@H](O)[C@]12C)[C@@]1(C)CC[C@@H](O)CC1C[C@H]3O. The first kappa shape index (κ1) is 22.5. The fourth-order valence-corrected chi connectivity index (χ4v) is 8.78. The van der Waals surface area contributed by atoms with Crippen LogP contribution in [0.3, 0.4) is 0 Å². The Morgan fingerprint density at radius 1 is 1.07 bits per heavy atom. The maximum atomic E-state index is 11.7. The van der Waals surface area contributed by atoms with Crippen LogP contribution in [-0.2, 0) is 9.53 Å². The summed E-state index contributed by atoms with van der Waals surface area (Å²) in [5.41, 5.74) is -0.0882. The van der Waals surface area contributed by atoms with Gasteiger partial charge in [-0.3, -0.25) is 4.79 Å². The summed E-state index contributed by atoms with van der Waals surface area (Å²) in [5, 5.41) is 33.1. The van der Waals surface area contributed by atoms with Crippen LogP contribution in [0.15, 0.2) is 0 Å². The van der Waals surface area contributed by atoms with Gasteiger partial charge >= 0.3 is 5.97 Å². The molecule has 0 aromatic rings. The van der Waals surface area contributed by atoms with Crippen molar-refractivity contribution in [2.45, 2.75) is 96.9 Å². The third-order valence-corrected chi connectivity index (χ3v) is 10.6. The van der Waals surface area contributed by atoms with Gasteiger partial charge in [-0.2, -0.15) is 0 Å². The average Bonchev–Trinajstić information content (AvgIpc) is 3.06. The van der Waals surface area contributed by atoms with E-state index in [-0.39, 0.29) is 41.0 Å². The predicted molar refractivity (Wildman–Crippen MR) is 114 cm³/mol. The fraction of sp³-hybridized carbons (Fsp3) is 0.960. The number of hydrogen-bond donors (Lipinski definition) is 3. The normalized spacial score (nSPS) is 51.4. The lowest BCUT2D eigenvalue weighted by Gasteiger charge is -2.63. The maximum absolute atomic E-state index is 11.7. The number of esters is 1. The molecule has 0 saturated heterocycles. The Labute approximate surface area is 181 Å². The van der Waals surface area contributed by atoms with Gasteiger partial charge < -0.3 is 20.1 Å². The average molecular weight is 423 g/mol. The van der Waals surface area contributed by atoms with Crippen molar-refractivity contribution in [1.82, 2.24) is 0 Å². The molecule has 172 valence electrons. The van der Waals surface area contributed by atoms with Gasteiger partial charge in [0, 0.05) is 6.42 Å². The smallest absolute Gasteiger partial charge is 0.305 e. The number of fused-ring (bicyclic) bond motifs is 5. The largest absolute Gasteiger partial charge is 0.469 e. The summed E-state index contributed by atoms with van der Waals surface area (Å²) in [6.45, 7) is 6.85. The van der Waals surface area contributed by atoms with E-state index < -0.39 is 0 Å². The van der Waals surface area contributed by atoms with Crippen LogP contribution >= 0.6 is 0 Å². The van der Waals surface area contributed by atoms with E-state index in [2.05, 4.69) is 20.8 Å². The van der Waals surface area contributed by atoms with Crippen molar-refractivity contribution in [2.24, 2.45) is 46.3 Å². The molecule has 0 radical (unpaired) electrons. The van der Waals surface area contributed by atoms with E-state index in [0.717, 1.165) is 51.4 Å². The highest BCUT2D eigenvalue weighted by molar-refractivity contribution is 5.69. The van der Waals surface area contributed by atoms with Crippen LogP contribution in [-0.4, -0.2) is 46.7 Å². The summed E-state index contributed by atoms with van der Waals surface area (Å²) < 4.78 is 4.83. The van der Waals surface area contributed by atoms with Crippen LogP contribution < -0.4 is 0 Å². The topological polar surface area (TPSA) is 87.0 Å². The molecule has 0 heterocycles. The van der Waals surface area contributed by atoms with Crippen molar-refractivity contribution in [3.8, 4) is 0 Å². The molecule has 0 amide bonds. The van der Waals surface area contributed by atoms with Crippen molar-refractivity contribution in [3.05, 3.63) is 0 Å². The zero-order valence-corrected chi connectivity index (χ0v) is 19.2. The Kier molecular flexibility index (Phi) is 6.04. The number of methoxy groups -OCH3 is 1. The van der Waals surface area contributed by atoms with Gasteiger partial charge in [-0.1, -0.05) is 20.8 Å². The molecule has 4 aliphatic carbocycles. The number of rotatable bonds is 4. The third kappa shape index (κ3) is 3.34. The number of aliphatic hydroxyl groups excluding tert-OH is 3. The van der Waals surface area contributed by atoms with E-state index in [1.165, 1.54) is 7.11 Å². The summed E-state index contributed by atoms with van der Waals surface area (Å²) in [6.07, 6.45) is 6.60. The first-order valence-electron chi connectivity index (χ1n) is 12.2.